The van der Waals surface area contributed by atoms with Crippen LogP contribution in [-0.4, -0.2) is 11.1 Å². The van der Waals surface area contributed by atoms with Gasteiger partial charge in [-0.2, -0.15) is 13.2 Å². The number of carboxylic acid groups (broad SMARTS) is 1. The lowest BCUT2D eigenvalue weighted by molar-refractivity contribution is -0.137. The van der Waals surface area contributed by atoms with Crippen molar-refractivity contribution in [1.82, 2.24) is 0 Å². The normalized spacial score (nSPS) is 16.1. The molecule has 0 spiro atoms. The van der Waals surface area contributed by atoms with E-state index < -0.39 is 17.7 Å². The van der Waals surface area contributed by atoms with Crippen molar-refractivity contribution in [3.63, 3.8) is 0 Å². The lowest BCUT2D eigenvalue weighted by Gasteiger charge is -2.32. The standard InChI is InChI=1S/C34H31F3O3/c1-20-17-27(21(2)9-7-12-23-15-16-26(34(35,36)37)19-28(23)33(38)39)32-29(18-20)30(24-13-8-14-24)22(3)31(40-32)25-10-5-4-6-11-25/h4-7,9-11,15-19,21H,8,12-14H2,1-3H3,(H,38,39)/b9-7+/t21-/m0/s1. The minimum Gasteiger partial charge on any atom is -0.478 e. The molecule has 206 valence electrons. The van der Waals surface area contributed by atoms with Gasteiger partial charge in [-0.05, 0) is 74.4 Å². The molecule has 3 aromatic rings. The Balaban J connectivity index is 1.50. The number of alkyl halides is 3. The van der Waals surface area contributed by atoms with Crippen molar-refractivity contribution in [3.05, 3.63) is 123 Å². The summed E-state index contributed by atoms with van der Waals surface area (Å²) >= 11 is 0. The first-order chi connectivity index (χ1) is 19.0. The number of aryl methyl sites for hydroxylation is 1. The number of carbonyl (C=O) groups is 1. The van der Waals surface area contributed by atoms with Crippen molar-refractivity contribution >= 4 is 17.3 Å². The molecule has 2 aliphatic rings. The molecule has 1 heterocycles. The fraction of sp³-hybridized carbons (Fsp3) is 0.265. The van der Waals surface area contributed by atoms with E-state index in [4.69, 9.17) is 4.74 Å². The fourth-order valence-corrected chi connectivity index (χ4v) is 5.49. The van der Waals surface area contributed by atoms with Crippen molar-refractivity contribution in [2.24, 2.45) is 0 Å². The third-order valence-corrected chi connectivity index (χ3v) is 7.72. The van der Waals surface area contributed by atoms with Crippen LogP contribution in [0, 0.1) is 6.92 Å². The molecule has 1 aliphatic heterocycles. The summed E-state index contributed by atoms with van der Waals surface area (Å²) in [6.45, 7) is 6.24. The Morgan fingerprint density at radius 1 is 1.05 bits per heavy atom. The molecule has 1 aliphatic carbocycles. The number of carboxylic acids is 1. The summed E-state index contributed by atoms with van der Waals surface area (Å²) in [7, 11) is 0. The molecule has 6 heteroatoms. The number of hydrogen-bond donors (Lipinski definition) is 1. The Bertz CT molecular complexity index is 1550. The summed E-state index contributed by atoms with van der Waals surface area (Å²) in [6, 6.07) is 17.3. The molecule has 1 N–H and O–H groups in total. The van der Waals surface area contributed by atoms with E-state index in [0.29, 0.717) is 11.6 Å². The molecule has 5 rings (SSSR count). The molecular formula is C34H31F3O3. The minimum atomic E-state index is -4.60. The van der Waals surface area contributed by atoms with Gasteiger partial charge in [0, 0.05) is 28.2 Å². The van der Waals surface area contributed by atoms with E-state index in [9.17, 15) is 23.1 Å². The molecule has 1 atom stereocenters. The van der Waals surface area contributed by atoms with Gasteiger partial charge in [0.15, 0.2) is 0 Å². The van der Waals surface area contributed by atoms with Crippen molar-refractivity contribution in [2.45, 2.75) is 58.5 Å². The second kappa shape index (κ2) is 10.8. The molecule has 0 bridgehead atoms. The SMILES string of the molecule is CC1=C(c2ccccc2)Oc2c(cc(C)cc2[C@@H](C)/C=C/Cc2ccc(C(F)(F)F)cc2C(=O)O)C1=C1CCC1. The predicted octanol–water partition coefficient (Wildman–Crippen LogP) is 9.38. The van der Waals surface area contributed by atoms with Gasteiger partial charge in [-0.1, -0.05) is 67.1 Å². The van der Waals surface area contributed by atoms with Crippen LogP contribution in [0.3, 0.4) is 0 Å². The number of benzene rings is 3. The molecular weight excluding hydrogens is 513 g/mol. The number of halogens is 3. The summed E-state index contributed by atoms with van der Waals surface area (Å²) in [6.07, 6.45) is 2.72. The molecule has 1 fully saturated rings. The first-order valence-corrected chi connectivity index (χ1v) is 13.5. The fourth-order valence-electron chi connectivity index (χ4n) is 5.49. The van der Waals surface area contributed by atoms with E-state index >= 15 is 0 Å². The summed E-state index contributed by atoms with van der Waals surface area (Å²) in [5.74, 6) is 0.206. The van der Waals surface area contributed by atoms with E-state index in [1.54, 1.807) is 0 Å². The first-order valence-electron chi connectivity index (χ1n) is 13.5. The third-order valence-electron chi connectivity index (χ3n) is 7.72. The smallest absolute Gasteiger partial charge is 0.416 e. The van der Waals surface area contributed by atoms with Crippen LogP contribution in [0.1, 0.15) is 82.8 Å². The second-order valence-electron chi connectivity index (χ2n) is 10.6. The highest BCUT2D eigenvalue weighted by Crippen LogP contribution is 2.49. The van der Waals surface area contributed by atoms with Gasteiger partial charge < -0.3 is 9.84 Å². The number of rotatable bonds is 6. The van der Waals surface area contributed by atoms with Gasteiger partial charge >= 0.3 is 12.1 Å². The topological polar surface area (TPSA) is 46.5 Å². The van der Waals surface area contributed by atoms with Crippen molar-refractivity contribution < 1.29 is 27.8 Å². The van der Waals surface area contributed by atoms with E-state index in [1.165, 1.54) is 23.6 Å². The van der Waals surface area contributed by atoms with Gasteiger partial charge in [0.2, 0.25) is 0 Å². The highest BCUT2D eigenvalue weighted by atomic mass is 19.4. The number of ether oxygens (including phenoxy) is 1. The molecule has 0 aromatic heterocycles. The average molecular weight is 545 g/mol. The van der Waals surface area contributed by atoms with Crippen molar-refractivity contribution in [1.29, 1.82) is 0 Å². The van der Waals surface area contributed by atoms with Crippen LogP contribution in [-0.2, 0) is 12.6 Å². The van der Waals surface area contributed by atoms with E-state index in [2.05, 4.69) is 26.0 Å². The molecule has 3 aromatic carbocycles. The molecule has 0 unspecified atom stereocenters. The zero-order chi connectivity index (χ0) is 28.6. The van der Waals surface area contributed by atoms with Crippen LogP contribution < -0.4 is 4.74 Å². The highest BCUT2D eigenvalue weighted by Gasteiger charge is 2.32. The number of fused-ring (bicyclic) bond motifs is 1. The molecule has 40 heavy (non-hydrogen) atoms. The van der Waals surface area contributed by atoms with Crippen molar-refractivity contribution in [2.75, 3.05) is 0 Å². The molecule has 0 radical (unpaired) electrons. The Hall–Kier alpha value is -4.06. The van der Waals surface area contributed by atoms with Gasteiger partial charge in [0.05, 0.1) is 11.1 Å². The molecule has 1 saturated carbocycles. The number of hydrogen-bond acceptors (Lipinski definition) is 2. The maximum atomic E-state index is 13.1. The zero-order valence-corrected chi connectivity index (χ0v) is 22.7. The summed E-state index contributed by atoms with van der Waals surface area (Å²) in [4.78, 5) is 11.7. The molecule has 0 saturated heterocycles. The lowest BCUT2D eigenvalue weighted by Crippen LogP contribution is -2.14. The van der Waals surface area contributed by atoms with Gasteiger partial charge in [0.25, 0.3) is 0 Å². The number of allylic oxidation sites excluding steroid dienone is 5. The van der Waals surface area contributed by atoms with Crippen LogP contribution >= 0.6 is 0 Å². The Labute approximate surface area is 232 Å². The van der Waals surface area contributed by atoms with E-state index in [0.717, 1.165) is 58.2 Å². The number of aromatic carboxylic acids is 1. The summed E-state index contributed by atoms with van der Waals surface area (Å²) < 4.78 is 46.0. The average Bonchev–Trinajstić information content (AvgIpc) is 2.88. The van der Waals surface area contributed by atoms with E-state index in [1.807, 2.05) is 49.4 Å². The second-order valence-corrected chi connectivity index (χ2v) is 10.6. The predicted molar refractivity (Wildman–Crippen MR) is 151 cm³/mol. The van der Waals surface area contributed by atoms with Gasteiger partial charge in [-0.15, -0.1) is 0 Å². The van der Waals surface area contributed by atoms with Gasteiger partial charge in [0.1, 0.15) is 11.5 Å². The van der Waals surface area contributed by atoms with Gasteiger partial charge in [-0.3, -0.25) is 0 Å². The summed E-state index contributed by atoms with van der Waals surface area (Å²) in [5.41, 5.74) is 7.10. The first kappa shape index (κ1) is 27.5. The molecule has 3 nitrogen and oxygen atoms in total. The summed E-state index contributed by atoms with van der Waals surface area (Å²) in [5, 5.41) is 9.52. The third kappa shape index (κ3) is 5.35. The zero-order valence-electron chi connectivity index (χ0n) is 22.7. The van der Waals surface area contributed by atoms with Gasteiger partial charge in [-0.25, -0.2) is 4.79 Å². The van der Waals surface area contributed by atoms with Crippen LogP contribution in [0.25, 0.3) is 11.3 Å². The van der Waals surface area contributed by atoms with Crippen LogP contribution in [0.2, 0.25) is 0 Å². The minimum absolute atomic E-state index is 0.0838. The largest absolute Gasteiger partial charge is 0.478 e. The Kier molecular flexibility index (Phi) is 7.45. The maximum absolute atomic E-state index is 13.1. The Morgan fingerprint density at radius 2 is 1.77 bits per heavy atom. The quantitative estimate of drug-likeness (QED) is 0.315. The molecule has 0 amide bonds. The highest BCUT2D eigenvalue weighted by molar-refractivity contribution is 5.95. The lowest BCUT2D eigenvalue weighted by atomic mass is 9.79. The van der Waals surface area contributed by atoms with Crippen molar-refractivity contribution in [3.8, 4) is 5.75 Å². The van der Waals surface area contributed by atoms with Crippen LogP contribution in [0.15, 0.2) is 84.0 Å². The van der Waals surface area contributed by atoms with Crippen LogP contribution in [0.5, 0.6) is 5.75 Å². The monoisotopic (exact) mass is 544 g/mol. The maximum Gasteiger partial charge on any atom is 0.416 e. The Morgan fingerprint density at radius 3 is 2.40 bits per heavy atom. The van der Waals surface area contributed by atoms with Crippen LogP contribution in [0.4, 0.5) is 13.2 Å². The van der Waals surface area contributed by atoms with E-state index in [-0.39, 0.29) is 17.9 Å².